The number of nitrogens with zero attached hydrogens (tertiary/aromatic N) is 1. The van der Waals surface area contributed by atoms with Crippen LogP contribution < -0.4 is 0 Å². The summed E-state index contributed by atoms with van der Waals surface area (Å²) in [5.41, 5.74) is 0.813. The predicted molar refractivity (Wildman–Crippen MR) is 66.2 cm³/mol. The number of carbonyl (C=O) groups excluding carboxylic acids is 2. The largest absolute Gasteiger partial charge is 0.274 e. The first-order valence-corrected chi connectivity index (χ1v) is 5.99. The maximum Gasteiger partial charge on any atom is 0.261 e. The van der Waals surface area contributed by atoms with Gasteiger partial charge in [-0.05, 0) is 18.6 Å². The Balaban J connectivity index is 1.95. The van der Waals surface area contributed by atoms with Gasteiger partial charge >= 0.3 is 0 Å². The van der Waals surface area contributed by atoms with E-state index in [9.17, 15) is 18.4 Å². The Kier molecular flexibility index (Phi) is 4.04. The zero-order chi connectivity index (χ0) is 13.8. The lowest BCUT2D eigenvalue weighted by Crippen LogP contribution is -2.30. The number of carbonyl (C=O) groups is 2. The maximum absolute atomic E-state index is 11.9. The Bertz CT molecular complexity index is 491. The molecule has 2 rings (SSSR count). The molecule has 0 radical (unpaired) electrons. The fourth-order valence-corrected chi connectivity index (χ4v) is 1.96. The number of hydrogen-bond donors (Lipinski definition) is 0. The standard InChI is InChI=1S/C14H13F2NO2/c15-12(16)8-2-1-5-9-17-13(18)10-6-3-4-7-11(10)14(17)19/h1-4,6-7,12H,5,8-9H2/b2-1+. The molecule has 1 aromatic rings. The van der Waals surface area contributed by atoms with Crippen molar-refractivity contribution in [1.82, 2.24) is 4.90 Å². The van der Waals surface area contributed by atoms with Crippen molar-refractivity contribution in [3.63, 3.8) is 0 Å². The van der Waals surface area contributed by atoms with Gasteiger partial charge in [0.2, 0.25) is 6.43 Å². The van der Waals surface area contributed by atoms with Gasteiger partial charge in [0.1, 0.15) is 0 Å². The van der Waals surface area contributed by atoms with Crippen LogP contribution in [-0.2, 0) is 0 Å². The monoisotopic (exact) mass is 265 g/mol. The van der Waals surface area contributed by atoms with Crippen LogP contribution >= 0.6 is 0 Å². The lowest BCUT2D eigenvalue weighted by molar-refractivity contribution is 0.0656. The van der Waals surface area contributed by atoms with Crippen molar-refractivity contribution in [3.8, 4) is 0 Å². The second-order valence-corrected chi connectivity index (χ2v) is 4.19. The molecule has 0 saturated carbocycles. The van der Waals surface area contributed by atoms with E-state index >= 15 is 0 Å². The molecule has 0 fully saturated rings. The predicted octanol–water partition coefficient (Wildman–Crippen LogP) is 2.88. The van der Waals surface area contributed by atoms with Crippen LogP contribution in [0, 0.1) is 0 Å². The zero-order valence-corrected chi connectivity index (χ0v) is 10.2. The number of fused-ring (bicyclic) bond motifs is 1. The van der Waals surface area contributed by atoms with E-state index in [1.807, 2.05) is 0 Å². The molecule has 5 heteroatoms. The number of benzene rings is 1. The highest BCUT2D eigenvalue weighted by atomic mass is 19.3. The van der Waals surface area contributed by atoms with Crippen LogP contribution in [0.4, 0.5) is 8.78 Å². The highest BCUT2D eigenvalue weighted by Crippen LogP contribution is 2.22. The van der Waals surface area contributed by atoms with Gasteiger partial charge in [-0.15, -0.1) is 0 Å². The van der Waals surface area contributed by atoms with E-state index in [2.05, 4.69) is 0 Å². The summed E-state index contributed by atoms with van der Waals surface area (Å²) in [7, 11) is 0. The number of hydrogen-bond acceptors (Lipinski definition) is 2. The molecule has 0 unspecified atom stereocenters. The van der Waals surface area contributed by atoms with Crippen molar-refractivity contribution >= 4 is 11.8 Å². The first kappa shape index (κ1) is 13.4. The van der Waals surface area contributed by atoms with Gasteiger partial charge in [0.15, 0.2) is 0 Å². The fourth-order valence-electron chi connectivity index (χ4n) is 1.96. The van der Waals surface area contributed by atoms with Crippen LogP contribution in [0.5, 0.6) is 0 Å². The van der Waals surface area contributed by atoms with Crippen LogP contribution in [-0.4, -0.2) is 29.7 Å². The highest BCUT2D eigenvalue weighted by molar-refractivity contribution is 6.21. The Morgan fingerprint density at radius 3 is 2.16 bits per heavy atom. The number of allylic oxidation sites excluding steroid dienone is 1. The summed E-state index contributed by atoms with van der Waals surface area (Å²) in [5.74, 6) is -0.634. The summed E-state index contributed by atoms with van der Waals surface area (Å²) >= 11 is 0. The molecule has 0 bridgehead atoms. The van der Waals surface area contributed by atoms with Gasteiger partial charge in [0, 0.05) is 13.0 Å². The highest BCUT2D eigenvalue weighted by Gasteiger charge is 2.34. The van der Waals surface area contributed by atoms with E-state index in [-0.39, 0.29) is 24.8 Å². The van der Waals surface area contributed by atoms with Crippen molar-refractivity contribution in [2.24, 2.45) is 0 Å². The lowest BCUT2D eigenvalue weighted by Gasteiger charge is -2.11. The molecule has 3 nitrogen and oxygen atoms in total. The lowest BCUT2D eigenvalue weighted by atomic mass is 10.1. The van der Waals surface area contributed by atoms with Gasteiger partial charge in [-0.2, -0.15) is 0 Å². The van der Waals surface area contributed by atoms with E-state index in [4.69, 9.17) is 0 Å². The summed E-state index contributed by atoms with van der Waals surface area (Å²) < 4.78 is 23.8. The number of alkyl halides is 2. The molecular formula is C14H13F2NO2. The van der Waals surface area contributed by atoms with Gasteiger partial charge in [-0.3, -0.25) is 14.5 Å². The molecule has 1 aliphatic heterocycles. The van der Waals surface area contributed by atoms with Crippen molar-refractivity contribution < 1.29 is 18.4 Å². The summed E-state index contributed by atoms with van der Waals surface area (Å²) in [4.78, 5) is 25.0. The van der Waals surface area contributed by atoms with Gasteiger partial charge in [-0.1, -0.05) is 24.3 Å². The van der Waals surface area contributed by atoms with Gasteiger partial charge in [0.25, 0.3) is 11.8 Å². The topological polar surface area (TPSA) is 37.4 Å². The minimum absolute atomic E-state index is 0.214. The van der Waals surface area contributed by atoms with Crippen molar-refractivity contribution in [1.29, 1.82) is 0 Å². The first-order chi connectivity index (χ1) is 9.11. The molecule has 2 amide bonds. The van der Waals surface area contributed by atoms with Gasteiger partial charge in [0.05, 0.1) is 11.1 Å². The van der Waals surface area contributed by atoms with E-state index in [1.165, 1.54) is 6.08 Å². The SMILES string of the molecule is O=C1c2ccccc2C(=O)N1CC/C=C/CC(F)F. The first-order valence-electron chi connectivity index (χ1n) is 5.99. The van der Waals surface area contributed by atoms with Gasteiger partial charge < -0.3 is 0 Å². The zero-order valence-electron chi connectivity index (χ0n) is 10.2. The third-order valence-corrected chi connectivity index (χ3v) is 2.88. The Hall–Kier alpha value is -2.04. The van der Waals surface area contributed by atoms with Crippen LogP contribution in [0.1, 0.15) is 33.6 Å². The molecule has 19 heavy (non-hydrogen) atoms. The third-order valence-electron chi connectivity index (χ3n) is 2.88. The number of halogens is 2. The number of rotatable bonds is 5. The molecule has 100 valence electrons. The van der Waals surface area contributed by atoms with Crippen molar-refractivity contribution in [3.05, 3.63) is 47.5 Å². The van der Waals surface area contributed by atoms with Crippen LogP contribution in [0.3, 0.4) is 0 Å². The Morgan fingerprint density at radius 1 is 1.05 bits per heavy atom. The summed E-state index contributed by atoms with van der Waals surface area (Å²) in [6, 6.07) is 6.64. The van der Waals surface area contributed by atoms with E-state index in [0.29, 0.717) is 17.5 Å². The molecule has 1 heterocycles. The van der Waals surface area contributed by atoms with Gasteiger partial charge in [-0.25, -0.2) is 8.78 Å². The van der Waals surface area contributed by atoms with E-state index in [1.54, 1.807) is 30.3 Å². The molecule has 0 N–H and O–H groups in total. The smallest absolute Gasteiger partial charge is 0.261 e. The molecule has 1 aliphatic rings. The fraction of sp³-hybridized carbons (Fsp3) is 0.286. The third kappa shape index (κ3) is 2.86. The number of amides is 2. The second kappa shape index (κ2) is 5.73. The second-order valence-electron chi connectivity index (χ2n) is 4.19. The summed E-state index contributed by atoms with van der Waals surface area (Å²) in [6.07, 6.45) is 0.648. The molecule has 0 aliphatic carbocycles. The van der Waals surface area contributed by atoms with Crippen LogP contribution in [0.25, 0.3) is 0 Å². The minimum Gasteiger partial charge on any atom is -0.274 e. The molecule has 0 spiro atoms. The van der Waals surface area contributed by atoms with Crippen molar-refractivity contribution in [2.75, 3.05) is 6.54 Å². The summed E-state index contributed by atoms with van der Waals surface area (Å²) in [5, 5.41) is 0. The Labute approximate surface area is 109 Å². The maximum atomic E-state index is 11.9. The van der Waals surface area contributed by atoms with Crippen molar-refractivity contribution in [2.45, 2.75) is 19.3 Å². The quantitative estimate of drug-likeness (QED) is 0.606. The number of imide groups is 1. The molecule has 1 aromatic carbocycles. The molecule has 0 aromatic heterocycles. The van der Waals surface area contributed by atoms with E-state index in [0.717, 1.165) is 4.90 Å². The average Bonchev–Trinajstić information content (AvgIpc) is 2.63. The molecule has 0 atom stereocenters. The normalized spacial score (nSPS) is 14.8. The average molecular weight is 265 g/mol. The minimum atomic E-state index is -2.37. The summed E-state index contributed by atoms with van der Waals surface area (Å²) in [6.45, 7) is 0.214. The van der Waals surface area contributed by atoms with E-state index < -0.39 is 6.43 Å². The van der Waals surface area contributed by atoms with Crippen LogP contribution in [0.2, 0.25) is 0 Å². The molecular weight excluding hydrogens is 252 g/mol. The van der Waals surface area contributed by atoms with Crippen LogP contribution in [0.15, 0.2) is 36.4 Å². The molecule has 0 saturated heterocycles. The Morgan fingerprint density at radius 2 is 1.63 bits per heavy atom.